The molecule has 0 radical (unpaired) electrons. The summed E-state index contributed by atoms with van der Waals surface area (Å²) in [5.41, 5.74) is 0. The maximum absolute atomic E-state index is 13.8. The fourth-order valence-corrected chi connectivity index (χ4v) is 20.1. The van der Waals surface area contributed by atoms with Crippen LogP contribution in [0.1, 0.15) is 241 Å². The van der Waals surface area contributed by atoms with E-state index < -0.39 is 359 Å². The van der Waals surface area contributed by atoms with E-state index in [0.29, 0.717) is 12.8 Å². The standard InChI is InChI=1S/C98H174N4O46/c1-8-10-12-14-16-18-20-22-23-24-25-27-29-31-33-35-37-39-62(114)102-53(54(113)38-36-34-32-30-28-26-21-19-17-15-13-11-9-2)47-131-93-80(129)77(126)83(61(46-109)140-93)141-96-81(130)85(70(119)57(42-105)136-96)144-91-64(100-51(6)111)74(123)82(60(45-108)139-91)142-97-88(147-94-78(127)75(124)66(115)48(3)132-94)87(72(121)58(43-106)137-97)146-92-65(101-52(7)112)84(69(118)56(41-104)135-92)143-98-89(148-95-79(128)76(125)67(116)49(4)133-95)86(71(120)59(44-107)138-98)145-90-63(99-50(5)110)73(122)68(117)55(40-103)134-90/h36,38,48-49,53-61,63-98,103-109,113,115-130H,8-35,37,39-47H2,1-7H3,(H,99,110)(H,100,111)(H,101,112)(H,102,114)/b38-36+/t48?,49?,53-,54+,55?,56?,57?,58?,59?,60?,61?,63?,64?,65?,66+,67+,68-,69-,70-,71-,72-,73+,74+,75?,76?,77+,78-,79-,80?,81?,82+,83+,84+,85-,86-,87-,88?,89?,90+,91-,92+,93+,94+,95+,96-,97-,98-/m0/s1. The van der Waals surface area contributed by atoms with Gasteiger partial charge in [-0.1, -0.05) is 193 Å². The molecule has 47 atom stereocenters. The number of ether oxygens (including phenoxy) is 18. The number of nitrogens with one attached hydrogen (secondary N) is 4. The van der Waals surface area contributed by atoms with E-state index in [1.165, 1.54) is 129 Å². The van der Waals surface area contributed by atoms with Crippen molar-refractivity contribution >= 4 is 23.6 Å². The van der Waals surface area contributed by atoms with Crippen molar-refractivity contribution in [2.45, 2.75) is 529 Å². The van der Waals surface area contributed by atoms with E-state index in [1.54, 1.807) is 6.08 Å². The molecule has 0 spiro atoms. The Balaban J connectivity index is 0.931. The van der Waals surface area contributed by atoms with Gasteiger partial charge in [-0.05, 0) is 33.1 Å². The largest absolute Gasteiger partial charge is 0.394 e. The zero-order valence-corrected chi connectivity index (χ0v) is 85.9. The minimum absolute atomic E-state index is 0.135. The molecule has 148 heavy (non-hydrogen) atoms. The Kier molecular flexibility index (Phi) is 55.7. The lowest BCUT2D eigenvalue weighted by Gasteiger charge is -2.52. The van der Waals surface area contributed by atoms with Crippen LogP contribution >= 0.6 is 0 Å². The number of hydrogen-bond donors (Lipinski definition) is 28. The Hall–Kier alpha value is -4.06. The highest BCUT2D eigenvalue weighted by molar-refractivity contribution is 5.76. The Bertz CT molecular complexity index is 3740. The SMILES string of the molecule is CCCCCCCCCCCCC/C=C/[C@@H](O)[C@H](CO[C@@H]1OC(CO)[C@@H](O[C@@H]2OC(CO)[C@H](O)[C@H](O[C@@H]3OC(CO)[C@@H](O[C@@H]4OC(CO)[C@H](O)[C@H](O[C@H]5OC(CO)[C@H](O)[C@H](O[C@@H]6OC(CO)[C@H](O)[C@H](O[C@H]7OC(CO)[C@H](O)[C@H](O)C7NC(C)=O)C6O[C@H]6OC(C)[C@@H](O)C(O)[C@@H]6O)C5NC(C)=O)C4O[C@H]4OC(C)[C@@H](O)C(O)[C@@H]4O)[C@H](O)C3NC(C)=O)C2O)[C@H](O)C1O)NC(=O)CCCCCCCCCCCCCCCCCCC. The summed E-state index contributed by atoms with van der Waals surface area (Å²) < 4.78 is 111. The summed E-state index contributed by atoms with van der Waals surface area (Å²) in [5.74, 6) is -3.25. The molecular weight excluding hydrogens is 1970 g/mol. The third kappa shape index (κ3) is 35.7. The van der Waals surface area contributed by atoms with Gasteiger partial charge < -0.3 is 229 Å². The van der Waals surface area contributed by atoms with Crippen molar-refractivity contribution < 1.29 is 227 Å². The van der Waals surface area contributed by atoms with Crippen molar-refractivity contribution in [1.29, 1.82) is 0 Å². The zero-order valence-electron chi connectivity index (χ0n) is 85.9. The topological polar surface area (TPSA) is 768 Å². The first-order valence-electron chi connectivity index (χ1n) is 53.2. The molecule has 9 aliphatic rings. The maximum atomic E-state index is 13.8. The summed E-state index contributed by atoms with van der Waals surface area (Å²) in [4.78, 5) is 53.6. The molecule has 9 aliphatic heterocycles. The number of aliphatic hydroxyl groups is 24. The van der Waals surface area contributed by atoms with E-state index in [0.717, 1.165) is 78.6 Å². The van der Waals surface area contributed by atoms with Crippen LogP contribution in [0.3, 0.4) is 0 Å². The van der Waals surface area contributed by atoms with E-state index in [2.05, 4.69) is 35.1 Å². The number of hydrogen-bond acceptors (Lipinski definition) is 46. The van der Waals surface area contributed by atoms with Crippen molar-refractivity contribution in [1.82, 2.24) is 21.3 Å². The van der Waals surface area contributed by atoms with Crippen molar-refractivity contribution in [3.63, 3.8) is 0 Å². The molecule has 0 aromatic rings. The average molecular weight is 2140 g/mol. The van der Waals surface area contributed by atoms with E-state index in [4.69, 9.17) is 85.3 Å². The number of aliphatic hydroxyl groups excluding tert-OH is 24. The Morgan fingerprint density at radius 1 is 0.277 bits per heavy atom. The van der Waals surface area contributed by atoms with Crippen LogP contribution in [0.5, 0.6) is 0 Å². The monoisotopic (exact) mass is 2140 g/mol. The highest BCUT2D eigenvalue weighted by Gasteiger charge is 2.63. The first-order valence-corrected chi connectivity index (χ1v) is 53.2. The highest BCUT2D eigenvalue weighted by Crippen LogP contribution is 2.43. The minimum atomic E-state index is -2.39. The second kappa shape index (κ2) is 64.7. The Morgan fingerprint density at radius 2 is 0.574 bits per heavy atom. The molecule has 0 saturated carbocycles. The molecule has 0 aromatic heterocycles. The molecule has 50 heteroatoms. The lowest BCUT2D eigenvalue weighted by Crippen LogP contribution is -2.72. The van der Waals surface area contributed by atoms with Gasteiger partial charge >= 0.3 is 0 Å². The van der Waals surface area contributed by atoms with Crippen LogP contribution in [0.4, 0.5) is 0 Å². The normalized spacial score (nSPS) is 40.4. The number of allylic oxidation sites excluding steroid dienone is 1. The van der Waals surface area contributed by atoms with Crippen LogP contribution in [-0.2, 0) is 104 Å². The second-order valence-electron chi connectivity index (χ2n) is 40.5. The summed E-state index contributed by atoms with van der Waals surface area (Å²) in [6, 6.07) is -7.06. The molecule has 9 heterocycles. The molecule has 28 N–H and O–H groups in total. The van der Waals surface area contributed by atoms with E-state index in [1.807, 2.05) is 6.08 Å². The smallest absolute Gasteiger partial charge is 0.220 e. The van der Waals surface area contributed by atoms with Gasteiger partial charge in [0.2, 0.25) is 23.6 Å². The van der Waals surface area contributed by atoms with Crippen LogP contribution < -0.4 is 21.3 Å². The van der Waals surface area contributed by atoms with E-state index in [-0.39, 0.29) is 12.3 Å². The molecule has 50 nitrogen and oxygen atoms in total. The molecule has 0 bridgehead atoms. The first kappa shape index (κ1) is 127. The molecule has 862 valence electrons. The maximum Gasteiger partial charge on any atom is 0.220 e. The van der Waals surface area contributed by atoms with Gasteiger partial charge in [0, 0.05) is 27.2 Å². The lowest BCUT2D eigenvalue weighted by atomic mass is 9.93. The van der Waals surface area contributed by atoms with Crippen LogP contribution in [-0.4, -0.2) is 487 Å². The highest BCUT2D eigenvalue weighted by atomic mass is 16.8. The summed E-state index contributed by atoms with van der Waals surface area (Å²) in [5, 5.41) is 286. The lowest BCUT2D eigenvalue weighted by molar-refractivity contribution is -0.409. The molecule has 0 aliphatic carbocycles. The van der Waals surface area contributed by atoms with Crippen molar-refractivity contribution in [3.8, 4) is 0 Å². The second-order valence-corrected chi connectivity index (χ2v) is 40.5. The van der Waals surface area contributed by atoms with Crippen molar-refractivity contribution in [3.05, 3.63) is 12.2 Å². The van der Waals surface area contributed by atoms with Crippen LogP contribution in [0.15, 0.2) is 12.2 Å². The van der Waals surface area contributed by atoms with Gasteiger partial charge in [0.25, 0.3) is 0 Å². The molecule has 9 rings (SSSR count). The van der Waals surface area contributed by atoms with Gasteiger partial charge in [0.05, 0.1) is 77.2 Å². The zero-order chi connectivity index (χ0) is 108. The molecular formula is C98H174N4O46. The Labute approximate surface area is 862 Å². The number of carbonyl (C=O) groups excluding carboxylic acids is 4. The number of amides is 4. The summed E-state index contributed by atoms with van der Waals surface area (Å²) in [6.07, 6.45) is -52.1. The van der Waals surface area contributed by atoms with Crippen molar-refractivity contribution in [2.75, 3.05) is 52.9 Å². The molecule has 9 saturated heterocycles. The minimum Gasteiger partial charge on any atom is -0.394 e. The molecule has 9 fully saturated rings. The molecule has 4 amide bonds. The first-order chi connectivity index (χ1) is 70.8. The average Bonchev–Trinajstić information content (AvgIpc) is 0.754. The van der Waals surface area contributed by atoms with Gasteiger partial charge in [-0.3, -0.25) is 19.2 Å². The number of unbranched alkanes of at least 4 members (excludes halogenated alkanes) is 27. The summed E-state index contributed by atoms with van der Waals surface area (Å²) in [7, 11) is 0. The summed E-state index contributed by atoms with van der Waals surface area (Å²) in [6.45, 7) is 1.26. The quantitative estimate of drug-likeness (QED) is 0.0199. The van der Waals surface area contributed by atoms with Crippen LogP contribution in [0.2, 0.25) is 0 Å². The van der Waals surface area contributed by atoms with Gasteiger partial charge in [0.1, 0.15) is 207 Å². The number of carbonyl (C=O) groups is 4. The van der Waals surface area contributed by atoms with Crippen LogP contribution in [0.25, 0.3) is 0 Å². The third-order valence-corrected chi connectivity index (χ3v) is 28.9. The van der Waals surface area contributed by atoms with Gasteiger partial charge in [-0.15, -0.1) is 0 Å². The molecule has 0 aromatic carbocycles. The summed E-state index contributed by atoms with van der Waals surface area (Å²) >= 11 is 0. The number of rotatable bonds is 62. The van der Waals surface area contributed by atoms with E-state index >= 15 is 0 Å². The predicted molar refractivity (Wildman–Crippen MR) is 510 cm³/mol. The third-order valence-electron chi connectivity index (χ3n) is 28.9. The van der Waals surface area contributed by atoms with E-state index in [9.17, 15) is 142 Å². The Morgan fingerprint density at radius 3 is 0.993 bits per heavy atom. The van der Waals surface area contributed by atoms with Crippen LogP contribution in [0, 0.1) is 0 Å². The van der Waals surface area contributed by atoms with Gasteiger partial charge in [-0.25, -0.2) is 0 Å². The molecule has 18 unspecified atom stereocenters. The van der Waals surface area contributed by atoms with Crippen molar-refractivity contribution in [2.24, 2.45) is 0 Å². The predicted octanol–water partition coefficient (Wildman–Crippen LogP) is -5.97. The van der Waals surface area contributed by atoms with Gasteiger partial charge in [0.15, 0.2) is 56.6 Å². The van der Waals surface area contributed by atoms with Gasteiger partial charge in [-0.2, -0.15) is 0 Å². The fourth-order valence-electron chi connectivity index (χ4n) is 20.1. The fraction of sp³-hybridized carbons (Fsp3) is 0.939.